The molecule has 0 aliphatic carbocycles. The second-order valence-electron chi connectivity index (χ2n) is 8.52. The van der Waals surface area contributed by atoms with E-state index in [-0.39, 0.29) is 30.3 Å². The first kappa shape index (κ1) is 25.1. The Hall–Kier alpha value is -2.58. The number of rotatable bonds is 11. The molecule has 0 radical (unpaired) electrons. The number of benzene rings is 1. The fourth-order valence-corrected chi connectivity index (χ4v) is 4.94. The predicted octanol–water partition coefficient (Wildman–Crippen LogP) is 3.78. The lowest BCUT2D eigenvalue weighted by atomic mass is 10.00. The molecule has 2 aromatic rings. The molecule has 180 valence electrons. The van der Waals surface area contributed by atoms with Crippen LogP contribution in [0.15, 0.2) is 35.7 Å². The van der Waals surface area contributed by atoms with Crippen LogP contribution in [0.25, 0.3) is 0 Å². The molecule has 0 unspecified atom stereocenters. The number of para-hydroxylation sites is 2. The third-order valence-electron chi connectivity index (χ3n) is 5.71. The maximum atomic E-state index is 13.5. The largest absolute Gasteiger partial charge is 0.493 e. The number of fused-ring (bicyclic) bond motifs is 1. The fraction of sp³-hybridized carbons (Fsp3) is 0.520. The van der Waals surface area contributed by atoms with Gasteiger partial charge >= 0.3 is 0 Å². The number of methoxy groups -OCH3 is 2. The van der Waals surface area contributed by atoms with E-state index < -0.39 is 0 Å². The van der Waals surface area contributed by atoms with Gasteiger partial charge in [-0.3, -0.25) is 9.59 Å². The van der Waals surface area contributed by atoms with Crippen molar-refractivity contribution in [2.75, 3.05) is 47.1 Å². The van der Waals surface area contributed by atoms with E-state index in [4.69, 9.17) is 14.2 Å². The molecule has 0 fully saturated rings. The average molecular weight is 475 g/mol. The van der Waals surface area contributed by atoms with Crippen LogP contribution in [0.3, 0.4) is 0 Å². The number of amides is 2. The van der Waals surface area contributed by atoms with Crippen molar-refractivity contribution in [2.24, 2.45) is 5.92 Å². The molecule has 1 aliphatic heterocycles. The van der Waals surface area contributed by atoms with E-state index in [1.165, 1.54) is 4.88 Å². The molecule has 8 heteroatoms. The summed E-state index contributed by atoms with van der Waals surface area (Å²) in [5, 5.41) is 2.06. The van der Waals surface area contributed by atoms with Crippen LogP contribution >= 0.6 is 11.3 Å². The number of carbonyl (C=O) groups excluding carboxylic acids is 2. The second kappa shape index (κ2) is 12.0. The normalized spacial score (nSPS) is 15.3. The van der Waals surface area contributed by atoms with Gasteiger partial charge in [-0.2, -0.15) is 0 Å². The molecule has 0 saturated heterocycles. The summed E-state index contributed by atoms with van der Waals surface area (Å²) in [5.74, 6) is 1.42. The quantitative estimate of drug-likeness (QED) is 0.496. The molecule has 33 heavy (non-hydrogen) atoms. The summed E-state index contributed by atoms with van der Waals surface area (Å²) >= 11 is 1.71. The topological polar surface area (TPSA) is 68.3 Å². The maximum Gasteiger partial charge on any atom is 0.242 e. The van der Waals surface area contributed by atoms with Crippen LogP contribution in [0.1, 0.15) is 36.8 Å². The van der Waals surface area contributed by atoms with E-state index in [1.54, 1.807) is 30.5 Å². The van der Waals surface area contributed by atoms with Gasteiger partial charge in [0.25, 0.3) is 0 Å². The molecule has 0 saturated carbocycles. The van der Waals surface area contributed by atoms with Gasteiger partial charge < -0.3 is 24.0 Å². The smallest absolute Gasteiger partial charge is 0.242 e. The molecule has 1 atom stereocenters. The summed E-state index contributed by atoms with van der Waals surface area (Å²) in [4.78, 5) is 31.0. The number of hydrogen-bond acceptors (Lipinski definition) is 6. The molecule has 1 aromatic heterocycles. The fourth-order valence-electron chi connectivity index (χ4n) is 4.01. The van der Waals surface area contributed by atoms with Crippen LogP contribution in [0.2, 0.25) is 0 Å². The summed E-state index contributed by atoms with van der Waals surface area (Å²) in [6, 6.07) is 9.35. The zero-order valence-electron chi connectivity index (χ0n) is 19.9. The van der Waals surface area contributed by atoms with Crippen molar-refractivity contribution in [1.82, 2.24) is 9.80 Å². The minimum atomic E-state index is -0.220. The van der Waals surface area contributed by atoms with Crippen LogP contribution in [0.4, 0.5) is 0 Å². The lowest BCUT2D eigenvalue weighted by molar-refractivity contribution is -0.143. The lowest BCUT2D eigenvalue weighted by Crippen LogP contribution is -2.48. The van der Waals surface area contributed by atoms with E-state index in [2.05, 4.69) is 11.4 Å². The third kappa shape index (κ3) is 6.48. The second-order valence-corrected chi connectivity index (χ2v) is 9.52. The number of hydrogen-bond donors (Lipinski definition) is 0. The van der Waals surface area contributed by atoms with Gasteiger partial charge in [0.1, 0.15) is 6.61 Å². The highest BCUT2D eigenvalue weighted by molar-refractivity contribution is 7.10. The van der Waals surface area contributed by atoms with Gasteiger partial charge in [-0.25, -0.2) is 0 Å². The Morgan fingerprint density at radius 2 is 1.94 bits per heavy atom. The first-order chi connectivity index (χ1) is 15.9. The minimum Gasteiger partial charge on any atom is -0.493 e. The zero-order valence-corrected chi connectivity index (χ0v) is 20.7. The van der Waals surface area contributed by atoms with Gasteiger partial charge in [0.05, 0.1) is 26.3 Å². The molecule has 7 nitrogen and oxygen atoms in total. The molecule has 1 aromatic carbocycles. The number of carbonyl (C=O) groups is 2. The Labute approximate surface area is 200 Å². The van der Waals surface area contributed by atoms with Crippen LogP contribution in [0.5, 0.6) is 11.5 Å². The van der Waals surface area contributed by atoms with E-state index in [0.29, 0.717) is 44.2 Å². The van der Waals surface area contributed by atoms with Crippen molar-refractivity contribution < 1.29 is 23.8 Å². The van der Waals surface area contributed by atoms with Crippen LogP contribution < -0.4 is 9.47 Å². The highest BCUT2D eigenvalue weighted by atomic mass is 32.1. The maximum absolute atomic E-state index is 13.5. The number of thiophene rings is 1. The molecule has 0 spiro atoms. The van der Waals surface area contributed by atoms with Crippen molar-refractivity contribution in [3.63, 3.8) is 0 Å². The van der Waals surface area contributed by atoms with Crippen molar-refractivity contribution in [3.05, 3.63) is 46.2 Å². The van der Waals surface area contributed by atoms with Crippen molar-refractivity contribution in [1.29, 1.82) is 0 Å². The standard InChI is InChI=1S/C25H34N2O5S/c1-18(2)15-24(28)26(12-13-30-3)16-25(29)27-11-9-23-19(10-14-33-23)20(27)17-32-22-8-6-5-7-21(22)31-4/h5-8,10,14,18,20H,9,11-13,15-17H2,1-4H3/t20-/m0/s1. The van der Waals surface area contributed by atoms with Gasteiger partial charge in [0.2, 0.25) is 11.8 Å². The average Bonchev–Trinajstić information content (AvgIpc) is 3.28. The number of ether oxygens (including phenoxy) is 3. The first-order valence-electron chi connectivity index (χ1n) is 11.3. The van der Waals surface area contributed by atoms with E-state index in [0.717, 1.165) is 12.0 Å². The Morgan fingerprint density at radius 3 is 2.64 bits per heavy atom. The summed E-state index contributed by atoms with van der Waals surface area (Å²) in [7, 11) is 3.21. The highest BCUT2D eigenvalue weighted by Gasteiger charge is 2.33. The van der Waals surface area contributed by atoms with Gasteiger partial charge in [0, 0.05) is 31.5 Å². The molecular formula is C25H34N2O5S. The van der Waals surface area contributed by atoms with Crippen molar-refractivity contribution in [3.8, 4) is 11.5 Å². The van der Waals surface area contributed by atoms with Crippen molar-refractivity contribution in [2.45, 2.75) is 32.7 Å². The Kier molecular flexibility index (Phi) is 9.14. The molecule has 2 heterocycles. The summed E-state index contributed by atoms with van der Waals surface area (Å²) in [6.45, 7) is 5.75. The summed E-state index contributed by atoms with van der Waals surface area (Å²) in [6.07, 6.45) is 1.22. The van der Waals surface area contributed by atoms with Crippen LogP contribution in [0, 0.1) is 5.92 Å². The Balaban J connectivity index is 1.77. The minimum absolute atomic E-state index is 0.0227. The molecule has 2 amide bonds. The van der Waals surface area contributed by atoms with Crippen molar-refractivity contribution >= 4 is 23.2 Å². The van der Waals surface area contributed by atoms with Crippen LogP contribution in [-0.2, 0) is 20.7 Å². The molecule has 3 rings (SSSR count). The van der Waals surface area contributed by atoms with Gasteiger partial charge in [-0.05, 0) is 41.5 Å². The SMILES string of the molecule is COCCN(CC(=O)N1CCc2sccc2[C@@H]1COc1ccccc1OC)C(=O)CC(C)C. The van der Waals surface area contributed by atoms with Gasteiger partial charge in [0.15, 0.2) is 11.5 Å². The molecule has 0 bridgehead atoms. The molecular weight excluding hydrogens is 440 g/mol. The summed E-state index contributed by atoms with van der Waals surface area (Å²) < 4.78 is 16.7. The Bertz CT molecular complexity index is 929. The monoisotopic (exact) mass is 474 g/mol. The Morgan fingerprint density at radius 1 is 1.18 bits per heavy atom. The van der Waals surface area contributed by atoms with Gasteiger partial charge in [-0.15, -0.1) is 11.3 Å². The van der Waals surface area contributed by atoms with Crippen LogP contribution in [-0.4, -0.2) is 68.7 Å². The molecule has 1 aliphatic rings. The third-order valence-corrected chi connectivity index (χ3v) is 6.70. The molecule has 0 N–H and O–H groups in total. The lowest BCUT2D eigenvalue weighted by Gasteiger charge is -2.37. The summed E-state index contributed by atoms with van der Waals surface area (Å²) in [5.41, 5.74) is 1.12. The highest BCUT2D eigenvalue weighted by Crippen LogP contribution is 2.35. The van der Waals surface area contributed by atoms with E-state index in [1.807, 2.05) is 43.0 Å². The van der Waals surface area contributed by atoms with E-state index >= 15 is 0 Å². The number of nitrogens with zero attached hydrogens (tertiary/aromatic N) is 2. The predicted molar refractivity (Wildman–Crippen MR) is 129 cm³/mol. The first-order valence-corrected chi connectivity index (χ1v) is 12.2. The van der Waals surface area contributed by atoms with Gasteiger partial charge in [-0.1, -0.05) is 26.0 Å². The zero-order chi connectivity index (χ0) is 23.8. The van der Waals surface area contributed by atoms with E-state index in [9.17, 15) is 9.59 Å².